The number of nitrogens with two attached hydrogens (primary N) is 1. The number of carbonyl (C=O) groups is 1. The van der Waals surface area contributed by atoms with Crippen molar-refractivity contribution in [1.82, 2.24) is 5.32 Å². The number of ether oxygens (including phenoxy) is 1. The Hall–Kier alpha value is -1.64. The molecule has 20 heavy (non-hydrogen) atoms. The predicted molar refractivity (Wildman–Crippen MR) is 71.7 cm³/mol. The number of methoxy groups -OCH3 is 1. The largest absolute Gasteiger partial charge is 0.496 e. The number of nitrogens with one attached hydrogen (secondary N) is 1. The van der Waals surface area contributed by atoms with E-state index in [1.807, 2.05) is 12.2 Å². The van der Waals surface area contributed by atoms with Gasteiger partial charge in [-0.15, -0.1) is 0 Å². The zero-order chi connectivity index (χ0) is 15.1. The van der Waals surface area contributed by atoms with E-state index in [0.29, 0.717) is 5.76 Å². The lowest BCUT2D eigenvalue weighted by molar-refractivity contribution is -0.134. The minimum Gasteiger partial charge on any atom is -0.496 e. The van der Waals surface area contributed by atoms with E-state index in [4.69, 9.17) is 14.7 Å². The Kier molecular flexibility index (Phi) is 3.49. The molecule has 2 aliphatic carbocycles. The molecule has 2 aliphatic rings. The third-order valence-corrected chi connectivity index (χ3v) is 3.75. The number of amides is 1. The van der Waals surface area contributed by atoms with E-state index in [0.717, 1.165) is 17.4 Å². The number of rotatable bonds is 6. The molecule has 0 aliphatic heterocycles. The Labute approximate surface area is 117 Å². The van der Waals surface area contributed by atoms with Crippen LogP contribution in [-0.2, 0) is 23.8 Å². The lowest BCUT2D eigenvalue weighted by Gasteiger charge is -2.29. The van der Waals surface area contributed by atoms with Crippen LogP contribution >= 0.6 is 0 Å². The summed E-state index contributed by atoms with van der Waals surface area (Å²) in [4.78, 5) is 11.6. The SMILES string of the molecule is COC1=C2C=CC(=C1)[C@@H]2N[C@@](C)(OS(C)(=O)=O)C(N)=O. The van der Waals surface area contributed by atoms with Crippen LogP contribution in [0.3, 0.4) is 0 Å². The zero-order valence-electron chi connectivity index (χ0n) is 11.3. The molecule has 0 aromatic carbocycles. The zero-order valence-corrected chi connectivity index (χ0v) is 12.2. The standard InChI is InChI=1S/C12H16N2O5S/c1-12(11(13)15,19-20(3,16)17)14-10-7-4-5-8(10)9(6-7)18-2/h4-6,10,14H,1-3H3,(H2,13,15)/t10-,12-/m0/s1. The van der Waals surface area contributed by atoms with Gasteiger partial charge >= 0.3 is 0 Å². The summed E-state index contributed by atoms with van der Waals surface area (Å²) < 4.78 is 32.6. The van der Waals surface area contributed by atoms with Gasteiger partial charge in [0.05, 0.1) is 19.4 Å². The molecule has 110 valence electrons. The monoisotopic (exact) mass is 300 g/mol. The lowest BCUT2D eigenvalue weighted by atomic mass is 10.1. The van der Waals surface area contributed by atoms with E-state index in [9.17, 15) is 13.2 Å². The molecule has 3 N–H and O–H groups in total. The van der Waals surface area contributed by atoms with Crippen molar-refractivity contribution in [3.8, 4) is 0 Å². The van der Waals surface area contributed by atoms with Crippen LogP contribution in [0.5, 0.6) is 0 Å². The maximum absolute atomic E-state index is 11.6. The van der Waals surface area contributed by atoms with Gasteiger partial charge in [0.15, 0.2) is 0 Å². The van der Waals surface area contributed by atoms with E-state index in [1.165, 1.54) is 14.0 Å². The van der Waals surface area contributed by atoms with Crippen molar-refractivity contribution in [1.29, 1.82) is 0 Å². The topological polar surface area (TPSA) is 108 Å². The van der Waals surface area contributed by atoms with Crippen molar-refractivity contribution in [2.45, 2.75) is 18.7 Å². The summed E-state index contributed by atoms with van der Waals surface area (Å²) in [6.45, 7) is 1.28. The van der Waals surface area contributed by atoms with Crippen LogP contribution in [0.25, 0.3) is 0 Å². The fourth-order valence-electron chi connectivity index (χ4n) is 2.20. The van der Waals surface area contributed by atoms with Crippen molar-refractivity contribution in [3.05, 3.63) is 35.1 Å². The summed E-state index contributed by atoms with van der Waals surface area (Å²) in [5.74, 6) is -0.263. The molecule has 0 saturated heterocycles. The highest BCUT2D eigenvalue weighted by molar-refractivity contribution is 7.86. The van der Waals surface area contributed by atoms with Gasteiger partial charge in [-0.1, -0.05) is 12.2 Å². The second-order valence-electron chi connectivity index (χ2n) is 4.76. The normalized spacial score (nSPS) is 23.8. The molecular weight excluding hydrogens is 284 g/mol. The van der Waals surface area contributed by atoms with Gasteiger partial charge in [-0.2, -0.15) is 8.42 Å². The molecular formula is C12H16N2O5S. The third-order valence-electron chi connectivity index (χ3n) is 3.11. The van der Waals surface area contributed by atoms with Crippen molar-refractivity contribution in [2.24, 2.45) is 5.73 Å². The van der Waals surface area contributed by atoms with Gasteiger partial charge in [-0.25, -0.2) is 4.18 Å². The molecule has 0 fully saturated rings. The Bertz CT molecular complexity index is 647. The van der Waals surface area contributed by atoms with Crippen LogP contribution in [-0.4, -0.2) is 39.5 Å². The molecule has 0 aromatic heterocycles. The van der Waals surface area contributed by atoms with Crippen molar-refractivity contribution >= 4 is 16.0 Å². The molecule has 2 rings (SSSR count). The molecule has 0 radical (unpaired) electrons. The van der Waals surface area contributed by atoms with Gasteiger partial charge in [0.2, 0.25) is 5.72 Å². The van der Waals surface area contributed by atoms with Gasteiger partial charge in [0.1, 0.15) is 5.76 Å². The highest BCUT2D eigenvalue weighted by Gasteiger charge is 2.42. The molecule has 2 atom stereocenters. The summed E-state index contributed by atoms with van der Waals surface area (Å²) in [7, 11) is -2.32. The lowest BCUT2D eigenvalue weighted by Crippen LogP contribution is -2.59. The van der Waals surface area contributed by atoms with E-state index in [1.54, 1.807) is 6.08 Å². The first-order valence-corrected chi connectivity index (χ1v) is 7.64. The molecule has 8 heteroatoms. The van der Waals surface area contributed by atoms with Gasteiger partial charge in [-0.3, -0.25) is 10.1 Å². The second-order valence-corrected chi connectivity index (χ2v) is 6.34. The van der Waals surface area contributed by atoms with Crippen LogP contribution < -0.4 is 11.1 Å². The fraction of sp³-hybridized carbons (Fsp3) is 0.417. The van der Waals surface area contributed by atoms with E-state index < -0.39 is 21.8 Å². The molecule has 2 bridgehead atoms. The van der Waals surface area contributed by atoms with Gasteiger partial charge in [-0.05, 0) is 18.6 Å². The summed E-state index contributed by atoms with van der Waals surface area (Å²) in [5, 5.41) is 2.83. The van der Waals surface area contributed by atoms with Crippen molar-refractivity contribution in [2.75, 3.05) is 13.4 Å². The molecule has 0 saturated carbocycles. The molecule has 1 amide bonds. The van der Waals surface area contributed by atoms with E-state index in [2.05, 4.69) is 5.32 Å². The van der Waals surface area contributed by atoms with Crippen LogP contribution in [0.2, 0.25) is 0 Å². The highest BCUT2D eigenvalue weighted by atomic mass is 32.2. The van der Waals surface area contributed by atoms with Crippen LogP contribution in [0.15, 0.2) is 35.1 Å². The second kappa shape index (κ2) is 4.72. The molecule has 0 unspecified atom stereocenters. The molecule has 0 heterocycles. The van der Waals surface area contributed by atoms with Crippen LogP contribution in [0, 0.1) is 0 Å². The molecule has 0 aromatic rings. The molecule has 7 nitrogen and oxygen atoms in total. The van der Waals surface area contributed by atoms with Gasteiger partial charge in [0.25, 0.3) is 16.0 Å². The Morgan fingerprint density at radius 2 is 2.10 bits per heavy atom. The quantitative estimate of drug-likeness (QED) is 0.507. The highest BCUT2D eigenvalue weighted by Crippen LogP contribution is 2.35. The molecule has 0 spiro atoms. The van der Waals surface area contributed by atoms with Gasteiger partial charge < -0.3 is 10.5 Å². The van der Waals surface area contributed by atoms with Crippen LogP contribution in [0.1, 0.15) is 6.92 Å². The average Bonchev–Trinajstić information content (AvgIpc) is 2.83. The van der Waals surface area contributed by atoms with Crippen molar-refractivity contribution in [3.63, 3.8) is 0 Å². The summed E-state index contributed by atoms with van der Waals surface area (Å²) >= 11 is 0. The number of hydrogen-bond acceptors (Lipinski definition) is 6. The first kappa shape index (κ1) is 14.8. The maximum Gasteiger partial charge on any atom is 0.266 e. The predicted octanol–water partition coefficient (Wildman–Crippen LogP) is -0.467. The number of carbonyl (C=O) groups excluding carboxylic acids is 1. The van der Waals surface area contributed by atoms with Gasteiger partial charge in [0, 0.05) is 5.57 Å². The minimum absolute atomic E-state index is 0.385. The average molecular weight is 300 g/mol. The van der Waals surface area contributed by atoms with E-state index >= 15 is 0 Å². The fourth-order valence-corrected chi connectivity index (χ4v) is 2.94. The summed E-state index contributed by atoms with van der Waals surface area (Å²) in [5.41, 5.74) is 5.07. The smallest absolute Gasteiger partial charge is 0.266 e. The Balaban J connectivity index is 2.27. The Morgan fingerprint density at radius 1 is 1.45 bits per heavy atom. The maximum atomic E-state index is 11.6. The number of allylic oxidation sites excluding steroid dienone is 1. The minimum atomic E-state index is -3.85. The van der Waals surface area contributed by atoms with Crippen molar-refractivity contribution < 1.29 is 22.1 Å². The summed E-state index contributed by atoms with van der Waals surface area (Å²) in [6, 6.07) is -0.385. The number of primary amides is 1. The summed E-state index contributed by atoms with van der Waals surface area (Å²) in [6.07, 6.45) is 6.33. The number of fused-ring (bicyclic) bond motifs is 2. The third kappa shape index (κ3) is 2.62. The van der Waals surface area contributed by atoms with Crippen LogP contribution in [0.4, 0.5) is 0 Å². The first-order valence-electron chi connectivity index (χ1n) is 5.82. The van der Waals surface area contributed by atoms with E-state index in [-0.39, 0.29) is 6.04 Å². The Morgan fingerprint density at radius 3 is 2.55 bits per heavy atom. The first-order chi connectivity index (χ1) is 9.16. The number of hydrogen-bond donors (Lipinski definition) is 2.